The van der Waals surface area contributed by atoms with E-state index in [1.807, 2.05) is 29.0 Å². The average Bonchev–Trinajstić information content (AvgIpc) is 3.19. The molecule has 0 aliphatic carbocycles. The number of fused-ring (bicyclic) bond motifs is 1. The standard InChI is InChI=1S/C23H24N6/c1-27-12-13-28(15-18-6-5-11-24-14-18)17-22(27)23-21-10-9-20(16-29(21)26-25-23)19-7-3-2-4-8-19/h2-11,14,16,22H,12-13,15,17H2,1H3/t22-/m0/s1. The Bertz CT molecular complexity index is 1090. The topological polar surface area (TPSA) is 49.6 Å². The monoisotopic (exact) mass is 384 g/mol. The molecule has 146 valence electrons. The van der Waals surface area contributed by atoms with E-state index in [9.17, 15) is 0 Å². The molecule has 0 bridgehead atoms. The van der Waals surface area contributed by atoms with E-state index in [-0.39, 0.29) is 6.04 Å². The predicted molar refractivity (Wildman–Crippen MR) is 113 cm³/mol. The zero-order valence-corrected chi connectivity index (χ0v) is 16.5. The van der Waals surface area contributed by atoms with Crippen LogP contribution >= 0.6 is 0 Å². The van der Waals surface area contributed by atoms with Crippen LogP contribution in [0.2, 0.25) is 0 Å². The minimum atomic E-state index is 0.223. The van der Waals surface area contributed by atoms with Crippen molar-refractivity contribution in [1.82, 2.24) is 29.6 Å². The maximum absolute atomic E-state index is 4.58. The number of aromatic nitrogens is 4. The van der Waals surface area contributed by atoms with Gasteiger partial charge in [0.15, 0.2) is 0 Å². The summed E-state index contributed by atoms with van der Waals surface area (Å²) in [4.78, 5) is 9.11. The molecule has 6 nitrogen and oxygen atoms in total. The first-order valence-electron chi connectivity index (χ1n) is 10.00. The Balaban J connectivity index is 1.41. The van der Waals surface area contributed by atoms with E-state index in [2.05, 4.69) is 80.8 Å². The van der Waals surface area contributed by atoms with Gasteiger partial charge >= 0.3 is 0 Å². The predicted octanol–water partition coefficient (Wildman–Crippen LogP) is 3.28. The lowest BCUT2D eigenvalue weighted by Crippen LogP contribution is -2.46. The molecule has 0 amide bonds. The summed E-state index contributed by atoms with van der Waals surface area (Å²) in [7, 11) is 2.18. The zero-order chi connectivity index (χ0) is 19.6. The molecule has 0 unspecified atom stereocenters. The van der Waals surface area contributed by atoms with Crippen molar-refractivity contribution in [3.8, 4) is 11.1 Å². The van der Waals surface area contributed by atoms with Gasteiger partial charge in [-0.2, -0.15) is 0 Å². The van der Waals surface area contributed by atoms with E-state index in [4.69, 9.17) is 0 Å². The minimum Gasteiger partial charge on any atom is -0.296 e. The van der Waals surface area contributed by atoms with Gasteiger partial charge in [-0.25, -0.2) is 4.52 Å². The van der Waals surface area contributed by atoms with Crippen LogP contribution in [0.1, 0.15) is 17.3 Å². The van der Waals surface area contributed by atoms with Crippen LogP contribution in [0.25, 0.3) is 16.6 Å². The fourth-order valence-corrected chi connectivity index (χ4v) is 4.07. The van der Waals surface area contributed by atoms with E-state index < -0.39 is 0 Å². The smallest absolute Gasteiger partial charge is 0.109 e. The van der Waals surface area contributed by atoms with Crippen molar-refractivity contribution in [1.29, 1.82) is 0 Å². The van der Waals surface area contributed by atoms with Crippen LogP contribution in [0.4, 0.5) is 0 Å². The molecule has 1 aliphatic heterocycles. The van der Waals surface area contributed by atoms with E-state index in [0.29, 0.717) is 0 Å². The minimum absolute atomic E-state index is 0.223. The van der Waals surface area contributed by atoms with Crippen molar-refractivity contribution in [3.05, 3.63) is 84.4 Å². The van der Waals surface area contributed by atoms with Crippen LogP contribution in [0, 0.1) is 0 Å². The van der Waals surface area contributed by atoms with Crippen LogP contribution in [0.5, 0.6) is 0 Å². The molecule has 1 fully saturated rings. The molecule has 0 saturated carbocycles. The maximum Gasteiger partial charge on any atom is 0.109 e. The van der Waals surface area contributed by atoms with E-state index in [1.54, 1.807) is 0 Å². The molecule has 3 aromatic heterocycles. The Morgan fingerprint density at radius 2 is 1.86 bits per heavy atom. The second kappa shape index (κ2) is 7.73. The van der Waals surface area contributed by atoms with Gasteiger partial charge in [-0.05, 0) is 30.3 Å². The van der Waals surface area contributed by atoms with Crippen molar-refractivity contribution < 1.29 is 0 Å². The normalized spacial score (nSPS) is 18.3. The van der Waals surface area contributed by atoms with Crippen molar-refractivity contribution in [2.45, 2.75) is 12.6 Å². The van der Waals surface area contributed by atoms with Crippen LogP contribution in [0.15, 0.2) is 73.2 Å². The molecule has 0 spiro atoms. The molecular formula is C23H24N6. The first-order chi connectivity index (χ1) is 14.3. The summed E-state index contributed by atoms with van der Waals surface area (Å²) in [5.74, 6) is 0. The third-order valence-electron chi connectivity index (χ3n) is 5.72. The van der Waals surface area contributed by atoms with Gasteiger partial charge in [0.1, 0.15) is 5.69 Å². The summed E-state index contributed by atoms with van der Waals surface area (Å²) < 4.78 is 1.91. The third kappa shape index (κ3) is 3.64. The van der Waals surface area contributed by atoms with Gasteiger partial charge in [0, 0.05) is 50.3 Å². The van der Waals surface area contributed by atoms with Gasteiger partial charge in [-0.3, -0.25) is 14.8 Å². The Hall–Kier alpha value is -3.09. The maximum atomic E-state index is 4.58. The molecule has 0 radical (unpaired) electrons. The first kappa shape index (κ1) is 18.0. The SMILES string of the molecule is CN1CCN(Cc2cccnc2)C[C@H]1c1nnn2cc(-c3ccccc3)ccc12. The Morgan fingerprint density at radius 3 is 2.69 bits per heavy atom. The van der Waals surface area contributed by atoms with Gasteiger partial charge in [-0.1, -0.05) is 47.7 Å². The third-order valence-corrected chi connectivity index (χ3v) is 5.72. The van der Waals surface area contributed by atoms with Crippen molar-refractivity contribution in [2.24, 2.45) is 0 Å². The fraction of sp³-hybridized carbons (Fsp3) is 0.261. The zero-order valence-electron chi connectivity index (χ0n) is 16.5. The van der Waals surface area contributed by atoms with E-state index in [1.165, 1.54) is 11.1 Å². The molecule has 1 aliphatic rings. The number of hydrogen-bond acceptors (Lipinski definition) is 5. The Labute approximate surface area is 170 Å². The Morgan fingerprint density at radius 1 is 0.966 bits per heavy atom. The number of piperazine rings is 1. The lowest BCUT2D eigenvalue weighted by molar-refractivity contribution is 0.0889. The van der Waals surface area contributed by atoms with E-state index >= 15 is 0 Å². The van der Waals surface area contributed by atoms with Gasteiger partial charge in [-0.15, -0.1) is 5.10 Å². The molecule has 1 atom stereocenters. The number of rotatable bonds is 4. The first-order valence-corrected chi connectivity index (χ1v) is 10.00. The van der Waals surface area contributed by atoms with Gasteiger partial charge < -0.3 is 0 Å². The van der Waals surface area contributed by atoms with Gasteiger partial charge in [0.25, 0.3) is 0 Å². The molecule has 29 heavy (non-hydrogen) atoms. The van der Waals surface area contributed by atoms with Crippen molar-refractivity contribution >= 4 is 5.52 Å². The molecule has 6 heteroatoms. The van der Waals surface area contributed by atoms with Crippen molar-refractivity contribution in [2.75, 3.05) is 26.7 Å². The average molecular weight is 384 g/mol. The quantitative estimate of drug-likeness (QED) is 0.540. The highest BCUT2D eigenvalue weighted by Gasteiger charge is 2.29. The lowest BCUT2D eigenvalue weighted by Gasteiger charge is -2.38. The molecule has 1 aromatic carbocycles. The number of hydrogen-bond donors (Lipinski definition) is 0. The highest BCUT2D eigenvalue weighted by atomic mass is 15.4. The lowest BCUT2D eigenvalue weighted by atomic mass is 10.1. The van der Waals surface area contributed by atoms with E-state index in [0.717, 1.165) is 43.0 Å². The second-order valence-electron chi connectivity index (χ2n) is 7.68. The summed E-state index contributed by atoms with van der Waals surface area (Å²) >= 11 is 0. The number of likely N-dealkylation sites (N-methyl/N-ethyl adjacent to an activating group) is 1. The van der Waals surface area contributed by atoms with Crippen LogP contribution in [-0.4, -0.2) is 56.3 Å². The summed E-state index contributed by atoms with van der Waals surface area (Å²) in [6, 6.07) is 19.0. The van der Waals surface area contributed by atoms with Crippen LogP contribution < -0.4 is 0 Å². The second-order valence-corrected chi connectivity index (χ2v) is 7.68. The molecule has 5 rings (SSSR count). The highest BCUT2D eigenvalue weighted by Crippen LogP contribution is 2.28. The molecular weight excluding hydrogens is 360 g/mol. The summed E-state index contributed by atoms with van der Waals surface area (Å²) in [5.41, 5.74) is 5.69. The van der Waals surface area contributed by atoms with Crippen molar-refractivity contribution in [3.63, 3.8) is 0 Å². The number of pyridine rings is 2. The summed E-state index contributed by atoms with van der Waals surface area (Å²) in [5, 5.41) is 9.01. The summed E-state index contributed by atoms with van der Waals surface area (Å²) in [6.07, 6.45) is 5.84. The Kier molecular flexibility index (Phi) is 4.79. The van der Waals surface area contributed by atoms with Gasteiger partial charge in [0.05, 0.1) is 11.6 Å². The molecule has 4 aromatic rings. The molecule has 4 heterocycles. The molecule has 0 N–H and O–H groups in total. The highest BCUT2D eigenvalue weighted by molar-refractivity contribution is 5.66. The molecule has 1 saturated heterocycles. The fourth-order valence-electron chi connectivity index (χ4n) is 4.07. The number of benzene rings is 1. The largest absolute Gasteiger partial charge is 0.296 e. The number of nitrogens with zero attached hydrogens (tertiary/aromatic N) is 6. The van der Waals surface area contributed by atoms with Gasteiger partial charge in [0.2, 0.25) is 0 Å². The summed E-state index contributed by atoms with van der Waals surface area (Å²) in [6.45, 7) is 3.89. The van der Waals surface area contributed by atoms with Crippen LogP contribution in [0.3, 0.4) is 0 Å². The van der Waals surface area contributed by atoms with Crippen LogP contribution in [-0.2, 0) is 6.54 Å².